The molecule has 1 fully saturated rings. The minimum absolute atomic E-state index is 0.127. The van der Waals surface area contributed by atoms with Gasteiger partial charge in [-0.25, -0.2) is 4.79 Å². The number of benzene rings is 1. The highest BCUT2D eigenvalue weighted by Gasteiger charge is 2.48. The second kappa shape index (κ2) is 6.29. The maximum atomic E-state index is 12.4. The van der Waals surface area contributed by atoms with Gasteiger partial charge in [-0.1, -0.05) is 6.07 Å². The Labute approximate surface area is 132 Å². The normalized spacial score (nSPS) is 15.7. The molecule has 0 aromatic heterocycles. The zero-order valence-corrected chi connectivity index (χ0v) is 12.2. The van der Waals surface area contributed by atoms with Crippen LogP contribution in [0.1, 0.15) is 0 Å². The molecule has 1 saturated heterocycles. The van der Waals surface area contributed by atoms with Crippen molar-refractivity contribution in [1.82, 2.24) is 4.90 Å². The average Bonchev–Trinajstić information content (AvgIpc) is 2.35. The lowest BCUT2D eigenvalue weighted by Gasteiger charge is -2.39. The number of rotatable bonds is 3. The van der Waals surface area contributed by atoms with Crippen molar-refractivity contribution in [1.29, 1.82) is 0 Å². The van der Waals surface area contributed by atoms with Crippen molar-refractivity contribution >= 4 is 11.7 Å². The molecular weight excluding hydrogens is 346 g/mol. The Kier molecular flexibility index (Phi) is 4.72. The van der Waals surface area contributed by atoms with Gasteiger partial charge in [-0.3, -0.25) is 0 Å². The predicted octanol–water partition coefficient (Wildman–Crippen LogP) is 3.62. The van der Waals surface area contributed by atoms with Crippen LogP contribution in [0.5, 0.6) is 11.5 Å². The van der Waals surface area contributed by atoms with Crippen LogP contribution in [0, 0.1) is 5.92 Å². The van der Waals surface area contributed by atoms with Crippen molar-refractivity contribution in [2.45, 2.75) is 12.5 Å². The molecule has 0 saturated carbocycles. The maximum Gasteiger partial charge on any atom is 0.573 e. The Morgan fingerprint density at radius 3 is 2.25 bits per heavy atom. The zero-order chi connectivity index (χ0) is 18.1. The number of hydrogen-bond donors (Lipinski definition) is 1. The summed E-state index contributed by atoms with van der Waals surface area (Å²) in [5.74, 6) is -2.51. The smallest absolute Gasteiger partial charge is 0.494 e. The van der Waals surface area contributed by atoms with Crippen molar-refractivity contribution in [2.24, 2.45) is 5.92 Å². The highest BCUT2D eigenvalue weighted by atomic mass is 19.4. The molecule has 0 radical (unpaired) electrons. The largest absolute Gasteiger partial charge is 0.573 e. The molecule has 1 aromatic rings. The minimum atomic E-state index is -5.01. The molecular formula is C13H12F6N2O3. The first kappa shape index (κ1) is 18.0. The molecule has 1 aromatic carbocycles. The standard InChI is InChI=1S/C13H12F6N2O3/c1-23-8-3-2-4-9(24-13(17,18)19)10(8)20-11(22)21-5-7(6-21)12(14,15)16/h2-4,7H,5-6H2,1H3,(H,20,22). The van der Waals surface area contributed by atoms with E-state index in [9.17, 15) is 31.1 Å². The van der Waals surface area contributed by atoms with Gasteiger partial charge in [0.2, 0.25) is 0 Å². The van der Waals surface area contributed by atoms with Crippen LogP contribution in [0.3, 0.4) is 0 Å². The summed E-state index contributed by atoms with van der Waals surface area (Å²) >= 11 is 0. The van der Waals surface area contributed by atoms with Crippen LogP contribution in [0.4, 0.5) is 36.8 Å². The Morgan fingerprint density at radius 1 is 1.17 bits per heavy atom. The fraction of sp³-hybridized carbons (Fsp3) is 0.462. The summed E-state index contributed by atoms with van der Waals surface area (Å²) in [4.78, 5) is 12.7. The number of anilines is 1. The third kappa shape index (κ3) is 4.15. The SMILES string of the molecule is COc1cccc(OC(F)(F)F)c1NC(=O)N1CC(C(F)(F)F)C1. The van der Waals surface area contributed by atoms with Crippen molar-refractivity contribution in [2.75, 3.05) is 25.5 Å². The van der Waals surface area contributed by atoms with Crippen LogP contribution < -0.4 is 14.8 Å². The van der Waals surface area contributed by atoms with Gasteiger partial charge in [0.15, 0.2) is 5.75 Å². The lowest BCUT2D eigenvalue weighted by Crippen LogP contribution is -2.56. The van der Waals surface area contributed by atoms with E-state index in [-0.39, 0.29) is 5.75 Å². The third-order valence-corrected chi connectivity index (χ3v) is 3.30. The molecule has 2 amide bonds. The first-order valence-corrected chi connectivity index (χ1v) is 6.56. The fourth-order valence-corrected chi connectivity index (χ4v) is 2.05. The highest BCUT2D eigenvalue weighted by molar-refractivity contribution is 5.93. The van der Waals surface area contributed by atoms with Crippen molar-refractivity contribution in [3.63, 3.8) is 0 Å². The number of nitrogens with one attached hydrogen (secondary N) is 1. The predicted molar refractivity (Wildman–Crippen MR) is 69.8 cm³/mol. The summed E-state index contributed by atoms with van der Waals surface area (Å²) in [7, 11) is 1.16. The number of halogens is 6. The molecule has 0 spiro atoms. The molecule has 0 aliphatic carbocycles. The van der Waals surface area contributed by atoms with Crippen LogP contribution in [-0.2, 0) is 0 Å². The number of carbonyl (C=O) groups is 1. The molecule has 1 aliphatic heterocycles. The molecule has 1 N–H and O–H groups in total. The number of methoxy groups -OCH3 is 1. The van der Waals surface area contributed by atoms with Crippen LogP contribution in [-0.4, -0.2) is 43.7 Å². The summed E-state index contributed by atoms with van der Waals surface area (Å²) in [5, 5.41) is 2.10. The lowest BCUT2D eigenvalue weighted by molar-refractivity contribution is -0.274. The van der Waals surface area contributed by atoms with Gasteiger partial charge in [-0.15, -0.1) is 13.2 Å². The van der Waals surface area contributed by atoms with Gasteiger partial charge < -0.3 is 19.7 Å². The van der Waals surface area contributed by atoms with Gasteiger partial charge >= 0.3 is 18.6 Å². The number of urea groups is 1. The van der Waals surface area contributed by atoms with E-state index in [0.717, 1.165) is 18.1 Å². The van der Waals surface area contributed by atoms with E-state index in [1.807, 2.05) is 0 Å². The van der Waals surface area contributed by atoms with E-state index >= 15 is 0 Å². The van der Waals surface area contributed by atoms with E-state index in [2.05, 4.69) is 10.1 Å². The van der Waals surface area contributed by atoms with Crippen LogP contribution >= 0.6 is 0 Å². The topological polar surface area (TPSA) is 50.8 Å². The highest BCUT2D eigenvalue weighted by Crippen LogP contribution is 2.39. The molecule has 0 atom stereocenters. The van der Waals surface area contributed by atoms with Gasteiger partial charge in [-0.2, -0.15) is 13.2 Å². The van der Waals surface area contributed by atoms with E-state index < -0.39 is 49.0 Å². The Balaban J connectivity index is 2.13. The number of likely N-dealkylation sites (tertiary alicyclic amines) is 1. The van der Waals surface area contributed by atoms with E-state index in [4.69, 9.17) is 4.74 Å². The second-order valence-electron chi connectivity index (χ2n) is 4.95. The van der Waals surface area contributed by atoms with Crippen molar-refractivity contribution in [3.8, 4) is 11.5 Å². The summed E-state index contributed by atoms with van der Waals surface area (Å²) in [6, 6.07) is 2.44. The summed E-state index contributed by atoms with van der Waals surface area (Å²) < 4.78 is 83.1. The van der Waals surface area contributed by atoms with Gasteiger partial charge in [0.1, 0.15) is 11.4 Å². The molecule has 0 unspecified atom stereocenters. The molecule has 1 heterocycles. The number of carbonyl (C=O) groups excluding carboxylic acids is 1. The van der Waals surface area contributed by atoms with Crippen LogP contribution in [0.15, 0.2) is 18.2 Å². The van der Waals surface area contributed by atoms with Gasteiger partial charge in [-0.05, 0) is 12.1 Å². The summed E-state index contributed by atoms with van der Waals surface area (Å²) in [6.45, 7) is -1.14. The molecule has 1 aliphatic rings. The monoisotopic (exact) mass is 358 g/mol. The third-order valence-electron chi connectivity index (χ3n) is 3.30. The van der Waals surface area contributed by atoms with Gasteiger partial charge in [0, 0.05) is 13.1 Å². The minimum Gasteiger partial charge on any atom is -0.494 e. The number of amides is 2. The molecule has 0 bridgehead atoms. The number of alkyl halides is 6. The first-order chi connectivity index (χ1) is 11.0. The molecule has 5 nitrogen and oxygen atoms in total. The number of nitrogens with zero attached hydrogens (tertiary/aromatic N) is 1. The lowest BCUT2D eigenvalue weighted by atomic mass is 10.0. The Morgan fingerprint density at radius 2 is 1.75 bits per heavy atom. The van der Waals surface area contributed by atoms with E-state index in [1.165, 1.54) is 12.1 Å². The zero-order valence-electron chi connectivity index (χ0n) is 12.2. The van der Waals surface area contributed by atoms with Crippen molar-refractivity contribution < 1.29 is 40.6 Å². The maximum absolute atomic E-state index is 12.4. The Bertz CT molecular complexity index is 611. The first-order valence-electron chi connectivity index (χ1n) is 6.56. The van der Waals surface area contributed by atoms with E-state index in [1.54, 1.807) is 0 Å². The second-order valence-corrected chi connectivity index (χ2v) is 4.95. The number of ether oxygens (including phenoxy) is 2. The molecule has 2 rings (SSSR count). The van der Waals surface area contributed by atoms with Gasteiger partial charge in [0.05, 0.1) is 13.0 Å². The van der Waals surface area contributed by atoms with Crippen LogP contribution in [0.25, 0.3) is 0 Å². The fourth-order valence-electron chi connectivity index (χ4n) is 2.05. The molecule has 134 valence electrons. The quantitative estimate of drug-likeness (QED) is 0.840. The van der Waals surface area contributed by atoms with Crippen molar-refractivity contribution in [3.05, 3.63) is 18.2 Å². The van der Waals surface area contributed by atoms with Gasteiger partial charge in [0.25, 0.3) is 0 Å². The molecule has 24 heavy (non-hydrogen) atoms. The number of hydrogen-bond acceptors (Lipinski definition) is 3. The summed E-state index contributed by atoms with van der Waals surface area (Å²) in [5.41, 5.74) is -0.419. The Hall–Kier alpha value is -2.33. The average molecular weight is 358 g/mol. The summed E-state index contributed by atoms with van der Waals surface area (Å²) in [6.07, 6.45) is -9.43. The molecule has 11 heteroatoms. The number of para-hydroxylation sites is 1. The van der Waals surface area contributed by atoms with Crippen LogP contribution in [0.2, 0.25) is 0 Å². The van der Waals surface area contributed by atoms with E-state index in [0.29, 0.717) is 0 Å².